The summed E-state index contributed by atoms with van der Waals surface area (Å²) in [5, 5.41) is 14.4. The molecule has 1 rings (SSSR count). The van der Waals surface area contributed by atoms with Crippen molar-refractivity contribution < 1.29 is 14.7 Å². The van der Waals surface area contributed by atoms with E-state index in [-0.39, 0.29) is 17.3 Å². The second-order valence-corrected chi connectivity index (χ2v) is 5.58. The van der Waals surface area contributed by atoms with Gasteiger partial charge in [0, 0.05) is 17.1 Å². The molecule has 110 valence electrons. The number of amides is 2. The van der Waals surface area contributed by atoms with Crippen molar-refractivity contribution in [2.75, 3.05) is 26.0 Å². The van der Waals surface area contributed by atoms with Crippen LogP contribution in [0, 0.1) is 0 Å². The number of hydrogen-bond acceptors (Lipinski definition) is 3. The Hall–Kier alpha value is -1.60. The van der Waals surface area contributed by atoms with Crippen LogP contribution in [-0.4, -0.2) is 48.7 Å². The van der Waals surface area contributed by atoms with Gasteiger partial charge < -0.3 is 20.6 Å². The van der Waals surface area contributed by atoms with E-state index >= 15 is 0 Å². The third kappa shape index (κ3) is 4.82. The number of anilines is 1. The molecule has 0 saturated carbocycles. The lowest BCUT2D eigenvalue weighted by atomic mass is 10.2. The smallest absolute Gasteiger partial charge is 0.337 e. The van der Waals surface area contributed by atoms with Gasteiger partial charge in [0.05, 0.1) is 11.3 Å². The minimum Gasteiger partial charge on any atom is -0.478 e. The largest absolute Gasteiger partial charge is 0.478 e. The number of benzene rings is 1. The summed E-state index contributed by atoms with van der Waals surface area (Å²) < 4.78 is 0.521. The van der Waals surface area contributed by atoms with Gasteiger partial charge in [0.25, 0.3) is 0 Å². The average molecular weight is 344 g/mol. The van der Waals surface area contributed by atoms with E-state index in [4.69, 9.17) is 5.11 Å². The van der Waals surface area contributed by atoms with Gasteiger partial charge in [-0.15, -0.1) is 0 Å². The summed E-state index contributed by atoms with van der Waals surface area (Å²) in [4.78, 5) is 25.0. The summed E-state index contributed by atoms with van der Waals surface area (Å²) in [5.74, 6) is -1.09. The number of carboxylic acid groups (broad SMARTS) is 1. The lowest BCUT2D eigenvalue weighted by Crippen LogP contribution is -2.41. The fraction of sp³-hybridized carbons (Fsp3) is 0.385. The van der Waals surface area contributed by atoms with E-state index in [2.05, 4.69) is 26.6 Å². The molecule has 0 aromatic heterocycles. The van der Waals surface area contributed by atoms with Crippen LogP contribution >= 0.6 is 15.9 Å². The van der Waals surface area contributed by atoms with Gasteiger partial charge in [-0.25, -0.2) is 9.59 Å². The van der Waals surface area contributed by atoms with Crippen LogP contribution < -0.4 is 10.6 Å². The van der Waals surface area contributed by atoms with E-state index in [1.54, 1.807) is 12.1 Å². The SMILES string of the molecule is CC(CN(C)C)NC(=O)Nc1c(Br)cccc1C(=O)O. The second kappa shape index (κ2) is 7.25. The molecule has 1 aromatic carbocycles. The molecule has 0 saturated heterocycles. The van der Waals surface area contributed by atoms with Gasteiger partial charge >= 0.3 is 12.0 Å². The molecule has 1 aromatic rings. The van der Waals surface area contributed by atoms with Crippen molar-refractivity contribution in [1.82, 2.24) is 10.2 Å². The van der Waals surface area contributed by atoms with Crippen LogP contribution in [0.3, 0.4) is 0 Å². The van der Waals surface area contributed by atoms with Crippen molar-refractivity contribution in [2.45, 2.75) is 13.0 Å². The van der Waals surface area contributed by atoms with Crippen LogP contribution in [0.1, 0.15) is 17.3 Å². The van der Waals surface area contributed by atoms with Crippen LogP contribution in [0.5, 0.6) is 0 Å². The predicted molar refractivity (Wildman–Crippen MR) is 81.3 cm³/mol. The van der Waals surface area contributed by atoms with Gasteiger partial charge in [0.15, 0.2) is 0 Å². The van der Waals surface area contributed by atoms with E-state index in [9.17, 15) is 9.59 Å². The highest BCUT2D eigenvalue weighted by Crippen LogP contribution is 2.26. The maximum Gasteiger partial charge on any atom is 0.337 e. The monoisotopic (exact) mass is 343 g/mol. The van der Waals surface area contributed by atoms with Gasteiger partial charge in [-0.1, -0.05) is 6.07 Å². The molecule has 3 N–H and O–H groups in total. The molecule has 1 unspecified atom stereocenters. The van der Waals surface area contributed by atoms with Crippen molar-refractivity contribution in [3.05, 3.63) is 28.2 Å². The fourth-order valence-electron chi connectivity index (χ4n) is 1.80. The number of nitrogens with one attached hydrogen (secondary N) is 2. The molecule has 0 bridgehead atoms. The number of hydrogen-bond donors (Lipinski definition) is 3. The van der Waals surface area contributed by atoms with Crippen molar-refractivity contribution in [3.8, 4) is 0 Å². The molecule has 2 amide bonds. The van der Waals surface area contributed by atoms with Crippen molar-refractivity contribution in [1.29, 1.82) is 0 Å². The van der Waals surface area contributed by atoms with Crippen molar-refractivity contribution >= 4 is 33.6 Å². The zero-order valence-electron chi connectivity index (χ0n) is 11.6. The molecule has 0 fully saturated rings. The number of aromatic carboxylic acids is 1. The Morgan fingerprint density at radius 3 is 2.60 bits per heavy atom. The quantitative estimate of drug-likeness (QED) is 0.765. The number of rotatable bonds is 5. The van der Waals surface area contributed by atoms with Crippen LogP contribution in [-0.2, 0) is 0 Å². The number of likely N-dealkylation sites (N-methyl/N-ethyl adjacent to an activating group) is 1. The predicted octanol–water partition coefficient (Wildman–Crippen LogP) is 2.22. The molecular weight excluding hydrogens is 326 g/mol. The summed E-state index contributed by atoms with van der Waals surface area (Å²) >= 11 is 3.24. The van der Waals surface area contributed by atoms with Crippen molar-refractivity contribution in [3.63, 3.8) is 0 Å². The number of halogens is 1. The molecule has 7 heteroatoms. The highest BCUT2D eigenvalue weighted by molar-refractivity contribution is 9.10. The Morgan fingerprint density at radius 1 is 1.40 bits per heavy atom. The summed E-state index contributed by atoms with van der Waals surface area (Å²) in [7, 11) is 3.82. The van der Waals surface area contributed by atoms with E-state index in [0.29, 0.717) is 11.0 Å². The number of nitrogens with zero attached hydrogens (tertiary/aromatic N) is 1. The number of urea groups is 1. The van der Waals surface area contributed by atoms with Gasteiger partial charge in [-0.05, 0) is 49.1 Å². The van der Waals surface area contributed by atoms with E-state index < -0.39 is 12.0 Å². The molecule has 0 spiro atoms. The highest BCUT2D eigenvalue weighted by atomic mass is 79.9. The molecule has 0 aliphatic carbocycles. The molecule has 0 aliphatic rings. The van der Waals surface area contributed by atoms with Gasteiger partial charge in [0.1, 0.15) is 0 Å². The Balaban J connectivity index is 2.78. The number of carboxylic acids is 1. The Bertz CT molecular complexity index is 506. The first-order valence-corrected chi connectivity index (χ1v) is 6.84. The molecule has 0 heterocycles. The number of para-hydroxylation sites is 1. The molecular formula is C13H18BrN3O3. The standard InChI is InChI=1S/C13H18BrN3O3/c1-8(7-17(2)3)15-13(20)16-11-9(12(18)19)5-4-6-10(11)14/h4-6,8H,7H2,1-3H3,(H,18,19)(H2,15,16,20). The zero-order chi connectivity index (χ0) is 15.3. The lowest BCUT2D eigenvalue weighted by molar-refractivity contribution is 0.0698. The van der Waals surface area contributed by atoms with Crippen LogP contribution in [0.25, 0.3) is 0 Å². The average Bonchev–Trinajstić information content (AvgIpc) is 2.29. The first-order valence-electron chi connectivity index (χ1n) is 6.05. The summed E-state index contributed by atoms with van der Waals surface area (Å²) in [5.41, 5.74) is 0.282. The number of carbonyl (C=O) groups is 2. The molecule has 0 aliphatic heterocycles. The minimum atomic E-state index is -1.09. The maximum absolute atomic E-state index is 11.9. The molecule has 0 radical (unpaired) electrons. The minimum absolute atomic E-state index is 0.0368. The van der Waals surface area contributed by atoms with Crippen LogP contribution in [0.15, 0.2) is 22.7 Å². The number of carbonyl (C=O) groups excluding carboxylic acids is 1. The van der Waals surface area contributed by atoms with Crippen LogP contribution in [0.2, 0.25) is 0 Å². The van der Waals surface area contributed by atoms with Gasteiger partial charge in [-0.3, -0.25) is 0 Å². The maximum atomic E-state index is 11.9. The molecule has 20 heavy (non-hydrogen) atoms. The molecule has 6 nitrogen and oxygen atoms in total. The van der Waals surface area contributed by atoms with E-state index in [1.165, 1.54) is 6.07 Å². The first kappa shape index (κ1) is 16.5. The normalized spacial score (nSPS) is 12.1. The second-order valence-electron chi connectivity index (χ2n) is 4.73. The van der Waals surface area contributed by atoms with Crippen molar-refractivity contribution in [2.24, 2.45) is 0 Å². The summed E-state index contributed by atoms with van der Waals surface area (Å²) in [6.07, 6.45) is 0. The summed E-state index contributed by atoms with van der Waals surface area (Å²) in [6, 6.07) is 4.22. The van der Waals surface area contributed by atoms with Gasteiger partial charge in [0.2, 0.25) is 0 Å². The molecule has 1 atom stereocenters. The Labute approximate surface area is 126 Å². The van der Waals surface area contributed by atoms with E-state index in [1.807, 2.05) is 25.9 Å². The summed E-state index contributed by atoms with van der Waals surface area (Å²) in [6.45, 7) is 2.56. The van der Waals surface area contributed by atoms with E-state index in [0.717, 1.165) is 0 Å². The Kier molecular flexibility index (Phi) is 5.97. The van der Waals surface area contributed by atoms with Gasteiger partial charge in [-0.2, -0.15) is 0 Å². The zero-order valence-corrected chi connectivity index (χ0v) is 13.2. The Morgan fingerprint density at radius 2 is 2.05 bits per heavy atom. The van der Waals surface area contributed by atoms with Crippen LogP contribution in [0.4, 0.5) is 10.5 Å². The highest BCUT2D eigenvalue weighted by Gasteiger charge is 2.16. The lowest BCUT2D eigenvalue weighted by Gasteiger charge is -2.19. The third-order valence-electron chi connectivity index (χ3n) is 2.50. The third-order valence-corrected chi connectivity index (χ3v) is 3.16. The fourth-order valence-corrected chi connectivity index (χ4v) is 2.26. The topological polar surface area (TPSA) is 81.7 Å². The first-order chi connectivity index (χ1) is 9.31.